The van der Waals surface area contributed by atoms with Gasteiger partial charge in [0.1, 0.15) is 11.5 Å². The van der Waals surface area contributed by atoms with Crippen LogP contribution in [0.4, 0.5) is 4.39 Å². The number of hydrogen-bond acceptors (Lipinski definition) is 3. The predicted octanol–water partition coefficient (Wildman–Crippen LogP) is 3.17. The molecular weight excluding hydrogens is 247 g/mol. The summed E-state index contributed by atoms with van der Waals surface area (Å²) in [6.07, 6.45) is 2.77. The van der Waals surface area contributed by atoms with Gasteiger partial charge >= 0.3 is 0 Å². The van der Waals surface area contributed by atoms with E-state index < -0.39 is 5.82 Å². The van der Waals surface area contributed by atoms with Gasteiger partial charge in [-0.05, 0) is 29.8 Å². The van der Waals surface area contributed by atoms with E-state index in [1.54, 1.807) is 18.4 Å². The molecule has 0 aliphatic rings. The van der Waals surface area contributed by atoms with E-state index in [0.29, 0.717) is 18.4 Å². The van der Waals surface area contributed by atoms with Crippen molar-refractivity contribution >= 4 is 5.78 Å². The summed E-state index contributed by atoms with van der Waals surface area (Å²) >= 11 is 0. The molecule has 0 unspecified atom stereocenters. The summed E-state index contributed by atoms with van der Waals surface area (Å²) in [5.41, 5.74) is 0.655. The van der Waals surface area contributed by atoms with E-state index in [4.69, 9.17) is 9.15 Å². The highest BCUT2D eigenvalue weighted by atomic mass is 19.1. The summed E-state index contributed by atoms with van der Waals surface area (Å²) in [6.45, 7) is 0. The van der Waals surface area contributed by atoms with E-state index in [2.05, 4.69) is 0 Å². The first-order chi connectivity index (χ1) is 9.19. The molecule has 19 heavy (non-hydrogen) atoms. The largest absolute Gasteiger partial charge is 0.494 e. The lowest BCUT2D eigenvalue weighted by atomic mass is 10.0. The molecule has 0 aliphatic heterocycles. The van der Waals surface area contributed by atoms with Crippen LogP contribution in [0.1, 0.15) is 17.7 Å². The van der Waals surface area contributed by atoms with Crippen molar-refractivity contribution in [1.82, 2.24) is 0 Å². The molecule has 2 aromatic rings. The van der Waals surface area contributed by atoms with E-state index >= 15 is 0 Å². The third-order valence-corrected chi connectivity index (χ3v) is 2.85. The van der Waals surface area contributed by atoms with E-state index in [-0.39, 0.29) is 18.0 Å². The molecule has 0 aliphatic carbocycles. The first-order valence-electron chi connectivity index (χ1n) is 6.05. The fraction of sp³-hybridized carbons (Fsp3) is 0.267. The topological polar surface area (TPSA) is 39.4 Å². The minimum Gasteiger partial charge on any atom is -0.494 e. The number of rotatable bonds is 6. The molecule has 0 radical (unpaired) electrons. The van der Waals surface area contributed by atoms with Gasteiger partial charge in [0.25, 0.3) is 0 Å². The highest BCUT2D eigenvalue weighted by molar-refractivity contribution is 5.81. The summed E-state index contributed by atoms with van der Waals surface area (Å²) in [6, 6.07) is 8.19. The first kappa shape index (κ1) is 13.3. The van der Waals surface area contributed by atoms with Crippen molar-refractivity contribution in [2.24, 2.45) is 0 Å². The third kappa shape index (κ3) is 3.68. The lowest BCUT2D eigenvalue weighted by Gasteiger charge is -2.04. The maximum absolute atomic E-state index is 13.5. The van der Waals surface area contributed by atoms with Gasteiger partial charge in [0.05, 0.1) is 13.4 Å². The van der Waals surface area contributed by atoms with Gasteiger partial charge in [0.2, 0.25) is 0 Å². The van der Waals surface area contributed by atoms with Crippen molar-refractivity contribution in [3.05, 3.63) is 53.7 Å². The maximum Gasteiger partial charge on any atom is 0.165 e. The van der Waals surface area contributed by atoms with Gasteiger partial charge in [0.15, 0.2) is 11.6 Å². The minimum absolute atomic E-state index is 0.0565. The van der Waals surface area contributed by atoms with Crippen molar-refractivity contribution in [2.75, 3.05) is 7.11 Å². The molecule has 0 fully saturated rings. The number of furan rings is 1. The van der Waals surface area contributed by atoms with Gasteiger partial charge in [-0.3, -0.25) is 4.79 Å². The maximum atomic E-state index is 13.5. The second kappa shape index (κ2) is 6.18. The Hall–Kier alpha value is -2.10. The zero-order chi connectivity index (χ0) is 13.7. The number of halogens is 1. The first-order valence-corrected chi connectivity index (χ1v) is 6.05. The van der Waals surface area contributed by atoms with Crippen LogP contribution in [0.25, 0.3) is 0 Å². The Morgan fingerprint density at radius 3 is 2.84 bits per heavy atom. The molecule has 1 heterocycles. The van der Waals surface area contributed by atoms with Gasteiger partial charge in [-0.25, -0.2) is 4.39 Å². The van der Waals surface area contributed by atoms with Crippen LogP contribution >= 0.6 is 0 Å². The molecule has 100 valence electrons. The van der Waals surface area contributed by atoms with Crippen molar-refractivity contribution in [2.45, 2.75) is 19.3 Å². The summed E-state index contributed by atoms with van der Waals surface area (Å²) in [5, 5.41) is 0. The van der Waals surface area contributed by atoms with Gasteiger partial charge < -0.3 is 9.15 Å². The molecule has 0 bridgehead atoms. The van der Waals surface area contributed by atoms with Gasteiger partial charge in [-0.1, -0.05) is 6.07 Å². The molecule has 0 atom stereocenters. The second-order valence-electron chi connectivity index (χ2n) is 4.26. The van der Waals surface area contributed by atoms with E-state index in [9.17, 15) is 9.18 Å². The molecule has 2 rings (SSSR count). The van der Waals surface area contributed by atoms with Crippen LogP contribution in [-0.2, 0) is 17.6 Å². The highest BCUT2D eigenvalue weighted by Gasteiger charge is 2.08. The van der Waals surface area contributed by atoms with E-state index in [1.165, 1.54) is 19.2 Å². The molecule has 1 aromatic carbocycles. The zero-order valence-corrected chi connectivity index (χ0v) is 10.7. The summed E-state index contributed by atoms with van der Waals surface area (Å²) in [4.78, 5) is 11.8. The Bertz CT molecular complexity index is 547. The van der Waals surface area contributed by atoms with Crippen molar-refractivity contribution in [3.8, 4) is 5.75 Å². The molecule has 4 heteroatoms. The fourth-order valence-electron chi connectivity index (χ4n) is 1.85. The Balaban J connectivity index is 1.90. The Morgan fingerprint density at radius 1 is 1.37 bits per heavy atom. The quantitative estimate of drug-likeness (QED) is 0.802. The molecule has 1 aromatic heterocycles. The Labute approximate surface area is 111 Å². The second-order valence-corrected chi connectivity index (χ2v) is 4.26. The fourth-order valence-corrected chi connectivity index (χ4v) is 1.85. The monoisotopic (exact) mass is 262 g/mol. The minimum atomic E-state index is -0.446. The van der Waals surface area contributed by atoms with E-state index in [1.807, 2.05) is 6.07 Å². The molecular formula is C15H15FO3. The van der Waals surface area contributed by atoms with Crippen LogP contribution in [0.2, 0.25) is 0 Å². The van der Waals surface area contributed by atoms with Crippen molar-refractivity contribution in [1.29, 1.82) is 0 Å². The molecule has 3 nitrogen and oxygen atoms in total. The van der Waals surface area contributed by atoms with Crippen LogP contribution < -0.4 is 4.74 Å². The number of carbonyl (C=O) groups excluding carboxylic acids is 1. The van der Waals surface area contributed by atoms with Crippen molar-refractivity contribution < 1.29 is 18.3 Å². The summed E-state index contributed by atoms with van der Waals surface area (Å²) < 4.78 is 23.4. The average molecular weight is 262 g/mol. The third-order valence-electron chi connectivity index (χ3n) is 2.85. The molecule has 0 N–H and O–H groups in total. The predicted molar refractivity (Wildman–Crippen MR) is 68.7 cm³/mol. The lowest BCUT2D eigenvalue weighted by molar-refractivity contribution is -0.118. The van der Waals surface area contributed by atoms with Crippen molar-refractivity contribution in [3.63, 3.8) is 0 Å². The van der Waals surface area contributed by atoms with Gasteiger partial charge in [0, 0.05) is 19.3 Å². The molecule has 0 saturated carbocycles. The standard InChI is InChI=1S/C15H15FO3/c1-18-15-7-4-11(10-14(15)16)9-12(17)5-6-13-3-2-8-19-13/h2-4,7-8,10H,5-6,9H2,1H3. The highest BCUT2D eigenvalue weighted by Crippen LogP contribution is 2.18. The van der Waals surface area contributed by atoms with Gasteiger partial charge in [-0.2, -0.15) is 0 Å². The van der Waals surface area contributed by atoms with Crippen LogP contribution in [0.3, 0.4) is 0 Å². The van der Waals surface area contributed by atoms with Gasteiger partial charge in [-0.15, -0.1) is 0 Å². The normalized spacial score (nSPS) is 10.4. The van der Waals surface area contributed by atoms with Crippen LogP contribution in [0.5, 0.6) is 5.75 Å². The number of benzene rings is 1. The van der Waals surface area contributed by atoms with Crippen LogP contribution in [-0.4, -0.2) is 12.9 Å². The number of ketones is 1. The lowest BCUT2D eigenvalue weighted by Crippen LogP contribution is -2.04. The number of hydrogen-bond donors (Lipinski definition) is 0. The SMILES string of the molecule is COc1ccc(CC(=O)CCc2ccco2)cc1F. The number of ether oxygens (including phenoxy) is 1. The molecule has 0 spiro atoms. The Kier molecular flexibility index (Phi) is 4.34. The number of carbonyl (C=O) groups is 1. The number of Topliss-reactive ketones (excluding diaryl/α,β-unsaturated/α-hetero) is 1. The Morgan fingerprint density at radius 2 is 2.21 bits per heavy atom. The number of aryl methyl sites for hydroxylation is 1. The average Bonchev–Trinajstić information content (AvgIpc) is 2.90. The van der Waals surface area contributed by atoms with Crippen LogP contribution in [0, 0.1) is 5.82 Å². The number of methoxy groups -OCH3 is 1. The summed E-state index contributed by atoms with van der Waals surface area (Å²) in [5.74, 6) is 0.584. The summed E-state index contributed by atoms with van der Waals surface area (Å²) in [7, 11) is 1.41. The van der Waals surface area contributed by atoms with Crippen LogP contribution in [0.15, 0.2) is 41.0 Å². The van der Waals surface area contributed by atoms with E-state index in [0.717, 1.165) is 5.76 Å². The zero-order valence-electron chi connectivity index (χ0n) is 10.7. The smallest absolute Gasteiger partial charge is 0.165 e. The molecule has 0 saturated heterocycles. The molecule has 0 amide bonds.